The summed E-state index contributed by atoms with van der Waals surface area (Å²) >= 11 is 6.26. The van der Waals surface area contributed by atoms with Crippen LogP contribution >= 0.6 is 11.6 Å². The van der Waals surface area contributed by atoms with Gasteiger partial charge >= 0.3 is 0 Å². The Bertz CT molecular complexity index is 929. The lowest BCUT2D eigenvalue weighted by molar-refractivity contribution is 0.167. The highest BCUT2D eigenvalue weighted by atomic mass is 35.5. The molecular weight excluding hydrogens is 384 g/mol. The van der Waals surface area contributed by atoms with Gasteiger partial charge in [-0.15, -0.1) is 10.2 Å². The molecule has 0 bridgehead atoms. The van der Waals surface area contributed by atoms with Crippen LogP contribution in [0.1, 0.15) is 37.8 Å². The molecule has 2 unspecified atom stereocenters. The summed E-state index contributed by atoms with van der Waals surface area (Å²) in [6.45, 7) is 8.24. The van der Waals surface area contributed by atoms with Gasteiger partial charge in [0.1, 0.15) is 0 Å². The van der Waals surface area contributed by atoms with Crippen molar-refractivity contribution in [3.8, 4) is 11.5 Å². The van der Waals surface area contributed by atoms with Gasteiger partial charge in [0.05, 0.1) is 17.1 Å². The molecule has 6 heteroatoms. The van der Waals surface area contributed by atoms with Gasteiger partial charge in [0.2, 0.25) is 11.8 Å². The lowest BCUT2D eigenvalue weighted by Crippen LogP contribution is -2.37. The van der Waals surface area contributed by atoms with Gasteiger partial charge in [0, 0.05) is 25.2 Å². The molecule has 0 radical (unpaired) electrons. The first-order valence-corrected chi connectivity index (χ1v) is 10.6. The molecule has 0 aliphatic carbocycles. The Morgan fingerprint density at radius 1 is 1.14 bits per heavy atom. The Morgan fingerprint density at radius 2 is 1.90 bits per heavy atom. The number of nitrogens with zero attached hydrogens (tertiary/aromatic N) is 4. The minimum absolute atomic E-state index is 0.426. The Kier molecular flexibility index (Phi) is 6.28. The number of aromatic nitrogens is 2. The molecule has 1 aromatic heterocycles. The van der Waals surface area contributed by atoms with Crippen molar-refractivity contribution in [1.82, 2.24) is 20.0 Å². The maximum absolute atomic E-state index is 6.26. The third-order valence-corrected chi connectivity index (χ3v) is 6.19. The minimum Gasteiger partial charge on any atom is -0.419 e. The Balaban J connectivity index is 1.41. The molecule has 0 amide bonds. The number of hydrogen-bond donors (Lipinski definition) is 0. The van der Waals surface area contributed by atoms with Gasteiger partial charge in [-0.2, -0.15) is 0 Å². The van der Waals surface area contributed by atoms with Crippen molar-refractivity contribution >= 4 is 11.6 Å². The lowest BCUT2D eigenvalue weighted by atomic mass is 10.1. The minimum atomic E-state index is 0.426. The van der Waals surface area contributed by atoms with Gasteiger partial charge in [-0.25, -0.2) is 0 Å². The molecule has 1 aliphatic rings. The van der Waals surface area contributed by atoms with Crippen LogP contribution in [-0.2, 0) is 6.54 Å². The van der Waals surface area contributed by atoms with E-state index in [4.69, 9.17) is 16.0 Å². The van der Waals surface area contributed by atoms with Crippen molar-refractivity contribution in [3.05, 3.63) is 71.1 Å². The Morgan fingerprint density at radius 3 is 2.66 bits per heavy atom. The first-order chi connectivity index (χ1) is 14.2. The topological polar surface area (TPSA) is 45.4 Å². The fourth-order valence-electron chi connectivity index (χ4n) is 4.09. The van der Waals surface area contributed by atoms with Crippen LogP contribution in [0.5, 0.6) is 0 Å². The molecule has 1 saturated heterocycles. The van der Waals surface area contributed by atoms with E-state index in [0.717, 1.165) is 31.6 Å². The van der Waals surface area contributed by atoms with Crippen LogP contribution in [0.15, 0.2) is 59.0 Å². The van der Waals surface area contributed by atoms with Gasteiger partial charge in [-0.3, -0.25) is 9.80 Å². The summed E-state index contributed by atoms with van der Waals surface area (Å²) in [6, 6.07) is 19.2. The number of halogens is 1. The molecule has 5 nitrogen and oxygen atoms in total. The number of benzene rings is 2. The number of rotatable bonds is 7. The Labute approximate surface area is 177 Å². The lowest BCUT2D eigenvalue weighted by Gasteiger charge is -2.28. The maximum Gasteiger partial charge on any atom is 0.249 e. The van der Waals surface area contributed by atoms with Crippen LogP contribution in [0.4, 0.5) is 0 Å². The van der Waals surface area contributed by atoms with E-state index in [1.165, 1.54) is 5.56 Å². The Hall–Kier alpha value is -2.21. The van der Waals surface area contributed by atoms with E-state index in [1.807, 2.05) is 24.3 Å². The van der Waals surface area contributed by atoms with E-state index in [1.54, 1.807) is 0 Å². The van der Waals surface area contributed by atoms with Gasteiger partial charge in [0.25, 0.3) is 0 Å². The second-order valence-electron chi connectivity index (χ2n) is 7.57. The van der Waals surface area contributed by atoms with Crippen molar-refractivity contribution in [2.45, 2.75) is 38.9 Å². The van der Waals surface area contributed by atoms with E-state index >= 15 is 0 Å². The number of likely N-dealkylation sites (N-methyl/N-ethyl adjacent to an activating group) is 1. The molecule has 152 valence electrons. The van der Waals surface area contributed by atoms with Crippen LogP contribution in [0, 0.1) is 0 Å². The molecule has 2 atom stereocenters. The van der Waals surface area contributed by atoms with Crippen LogP contribution in [-0.4, -0.2) is 45.7 Å². The summed E-state index contributed by atoms with van der Waals surface area (Å²) in [4.78, 5) is 4.99. The van der Waals surface area contributed by atoms with Crippen molar-refractivity contribution in [1.29, 1.82) is 0 Å². The summed E-state index contributed by atoms with van der Waals surface area (Å²) in [5.41, 5.74) is 2.15. The van der Waals surface area contributed by atoms with Crippen LogP contribution in [0.25, 0.3) is 11.5 Å². The van der Waals surface area contributed by atoms with E-state index in [2.05, 4.69) is 64.2 Å². The molecule has 2 aromatic carbocycles. The first kappa shape index (κ1) is 20.1. The van der Waals surface area contributed by atoms with Crippen molar-refractivity contribution in [3.63, 3.8) is 0 Å². The largest absolute Gasteiger partial charge is 0.419 e. The van der Waals surface area contributed by atoms with Gasteiger partial charge < -0.3 is 4.42 Å². The monoisotopic (exact) mass is 410 g/mol. The summed E-state index contributed by atoms with van der Waals surface area (Å²) in [7, 11) is 0. The van der Waals surface area contributed by atoms with E-state index in [0.29, 0.717) is 35.4 Å². The molecule has 1 aliphatic heterocycles. The highest BCUT2D eigenvalue weighted by Crippen LogP contribution is 2.29. The zero-order valence-corrected chi connectivity index (χ0v) is 17.7. The number of hydrogen-bond acceptors (Lipinski definition) is 5. The molecule has 4 rings (SSSR count). The molecule has 29 heavy (non-hydrogen) atoms. The van der Waals surface area contributed by atoms with E-state index in [9.17, 15) is 0 Å². The fourth-order valence-corrected chi connectivity index (χ4v) is 4.31. The average molecular weight is 411 g/mol. The van der Waals surface area contributed by atoms with Crippen molar-refractivity contribution in [2.24, 2.45) is 0 Å². The van der Waals surface area contributed by atoms with Gasteiger partial charge in [-0.05, 0) is 37.6 Å². The second-order valence-corrected chi connectivity index (χ2v) is 7.98. The maximum atomic E-state index is 6.26. The quantitative estimate of drug-likeness (QED) is 0.545. The molecule has 2 heterocycles. The molecule has 1 fully saturated rings. The van der Waals surface area contributed by atoms with Crippen LogP contribution < -0.4 is 0 Å². The highest BCUT2D eigenvalue weighted by molar-refractivity contribution is 6.33. The summed E-state index contributed by atoms with van der Waals surface area (Å²) in [6.07, 6.45) is 1.15. The van der Waals surface area contributed by atoms with E-state index < -0.39 is 0 Å². The second kappa shape index (κ2) is 9.08. The predicted molar refractivity (Wildman–Crippen MR) is 116 cm³/mol. The predicted octanol–water partition coefficient (Wildman–Crippen LogP) is 5.05. The standard InChI is InChI=1S/C23H27ClN4O/c1-3-27(16-22-25-26-23(29-22)20-11-7-8-12-21(20)24)19-13-14-28(15-19)17(2)18-9-5-4-6-10-18/h4-12,17,19H,3,13-16H2,1-2H3. The smallest absolute Gasteiger partial charge is 0.249 e. The fraction of sp³-hybridized carbons (Fsp3) is 0.391. The molecule has 3 aromatic rings. The summed E-state index contributed by atoms with van der Waals surface area (Å²) < 4.78 is 5.92. The zero-order chi connectivity index (χ0) is 20.2. The number of likely N-dealkylation sites (tertiary alicyclic amines) is 1. The van der Waals surface area contributed by atoms with Gasteiger partial charge in [-0.1, -0.05) is 61.0 Å². The third kappa shape index (κ3) is 4.53. The SMILES string of the molecule is CCN(Cc1nnc(-c2ccccc2Cl)o1)C1CCN(C(C)c2ccccc2)C1. The molecule has 0 N–H and O–H groups in total. The average Bonchev–Trinajstić information content (AvgIpc) is 3.42. The molecular formula is C23H27ClN4O. The van der Waals surface area contributed by atoms with Crippen LogP contribution in [0.2, 0.25) is 5.02 Å². The zero-order valence-electron chi connectivity index (χ0n) is 17.0. The summed E-state index contributed by atoms with van der Waals surface area (Å²) in [5, 5.41) is 9.09. The molecule has 0 spiro atoms. The van der Waals surface area contributed by atoms with E-state index in [-0.39, 0.29) is 0 Å². The van der Waals surface area contributed by atoms with Crippen LogP contribution in [0.3, 0.4) is 0 Å². The summed E-state index contributed by atoms with van der Waals surface area (Å²) in [5.74, 6) is 1.11. The third-order valence-electron chi connectivity index (χ3n) is 5.86. The molecule has 0 saturated carbocycles. The first-order valence-electron chi connectivity index (χ1n) is 10.3. The van der Waals surface area contributed by atoms with Gasteiger partial charge in [0.15, 0.2) is 0 Å². The van der Waals surface area contributed by atoms with Crippen molar-refractivity contribution in [2.75, 3.05) is 19.6 Å². The van der Waals surface area contributed by atoms with Crippen molar-refractivity contribution < 1.29 is 4.42 Å². The normalized spacial score (nSPS) is 18.4. The highest BCUT2D eigenvalue weighted by Gasteiger charge is 2.30.